The molecule has 0 spiro atoms. The average molecular weight is 356 g/mol. The van der Waals surface area contributed by atoms with Crippen LogP contribution in [0.5, 0.6) is 0 Å². The highest BCUT2D eigenvalue weighted by Crippen LogP contribution is 2.31. The van der Waals surface area contributed by atoms with Crippen molar-refractivity contribution in [3.05, 3.63) is 59.7 Å². The van der Waals surface area contributed by atoms with E-state index in [2.05, 4.69) is 46.6 Å². The van der Waals surface area contributed by atoms with Gasteiger partial charge in [0.05, 0.1) is 6.61 Å². The molecule has 0 unspecified atom stereocenters. The zero-order valence-corrected chi connectivity index (χ0v) is 15.3. The Bertz CT molecular complexity index is 706. The van der Waals surface area contributed by atoms with E-state index in [9.17, 15) is 4.79 Å². The molecule has 0 aliphatic carbocycles. The zero-order valence-electron chi connectivity index (χ0n) is 14.5. The van der Waals surface area contributed by atoms with Crippen molar-refractivity contribution < 1.29 is 9.53 Å². The number of hydrogen-bond donors (Lipinski definition) is 1. The predicted molar refractivity (Wildman–Crippen MR) is 106 cm³/mol. The number of benzene rings is 2. The smallest absolute Gasteiger partial charge is 0.411 e. The first-order valence-corrected chi connectivity index (χ1v) is 10.00. The Labute approximate surface area is 153 Å². The number of carbonyl (C=O) groups is 1. The maximum atomic E-state index is 11.8. The summed E-state index contributed by atoms with van der Waals surface area (Å²) in [4.78, 5) is 14.2. The molecule has 4 nitrogen and oxygen atoms in total. The summed E-state index contributed by atoms with van der Waals surface area (Å²) in [7, 11) is 0. The lowest BCUT2D eigenvalue weighted by Gasteiger charge is -2.19. The lowest BCUT2D eigenvalue weighted by atomic mass is 10.1. The van der Waals surface area contributed by atoms with Gasteiger partial charge < -0.3 is 9.64 Å². The molecule has 1 heterocycles. The van der Waals surface area contributed by atoms with Gasteiger partial charge in [-0.25, -0.2) is 4.79 Å². The van der Waals surface area contributed by atoms with Crippen LogP contribution in [0.15, 0.2) is 48.5 Å². The normalized spacial score (nSPS) is 12.8. The van der Waals surface area contributed by atoms with Gasteiger partial charge in [0, 0.05) is 24.5 Å². The van der Waals surface area contributed by atoms with Gasteiger partial charge in [0.1, 0.15) is 0 Å². The molecule has 0 atom stereocenters. The molecule has 3 rings (SSSR count). The first-order chi connectivity index (χ1) is 12.3. The summed E-state index contributed by atoms with van der Waals surface area (Å²) in [5.41, 5.74) is 4.64. The summed E-state index contributed by atoms with van der Waals surface area (Å²) in [6, 6.07) is 16.6. The number of amides is 1. The van der Waals surface area contributed by atoms with Crippen molar-refractivity contribution in [3.8, 4) is 0 Å². The summed E-state index contributed by atoms with van der Waals surface area (Å²) < 4.78 is 5.19. The molecule has 1 amide bonds. The number of nitrogens with one attached hydrogen (secondary N) is 1. The molecule has 0 saturated heterocycles. The molecule has 1 aliphatic heterocycles. The van der Waals surface area contributed by atoms with Crippen LogP contribution in [0.2, 0.25) is 0 Å². The average Bonchev–Trinajstić information content (AvgIpc) is 3.02. The van der Waals surface area contributed by atoms with E-state index in [4.69, 9.17) is 4.74 Å². The van der Waals surface area contributed by atoms with Gasteiger partial charge in [-0.15, -0.1) is 0 Å². The molecular weight excluding hydrogens is 332 g/mol. The van der Waals surface area contributed by atoms with Crippen molar-refractivity contribution >= 4 is 29.2 Å². The Kier molecular flexibility index (Phi) is 6.23. The van der Waals surface area contributed by atoms with E-state index in [1.807, 2.05) is 18.4 Å². The molecule has 132 valence electrons. The van der Waals surface area contributed by atoms with Crippen molar-refractivity contribution in [1.82, 2.24) is 0 Å². The summed E-state index contributed by atoms with van der Waals surface area (Å²) in [5, 5.41) is 2.83. The van der Waals surface area contributed by atoms with Crippen LogP contribution in [-0.4, -0.2) is 31.3 Å². The number of thioether (sulfide) groups is 1. The quantitative estimate of drug-likeness (QED) is 0.739. The Hall–Kier alpha value is -2.14. The van der Waals surface area contributed by atoms with Crippen LogP contribution in [0, 0.1) is 0 Å². The number of rotatable bonds is 7. The Morgan fingerprint density at radius 3 is 2.88 bits per heavy atom. The minimum Gasteiger partial charge on any atom is -0.449 e. The number of fused-ring (bicyclic) bond motifs is 1. The van der Waals surface area contributed by atoms with Gasteiger partial charge in [-0.05, 0) is 54.2 Å². The van der Waals surface area contributed by atoms with E-state index >= 15 is 0 Å². The van der Waals surface area contributed by atoms with Gasteiger partial charge in [-0.3, -0.25) is 5.32 Å². The number of hydrogen-bond acceptors (Lipinski definition) is 4. The third-order valence-corrected chi connectivity index (χ3v) is 4.96. The molecule has 0 radical (unpaired) electrons. The summed E-state index contributed by atoms with van der Waals surface area (Å²) in [6.45, 7) is 2.38. The van der Waals surface area contributed by atoms with Crippen molar-refractivity contribution in [2.45, 2.75) is 19.4 Å². The Morgan fingerprint density at radius 1 is 1.24 bits per heavy atom. The van der Waals surface area contributed by atoms with Crippen molar-refractivity contribution in [2.75, 3.05) is 35.4 Å². The molecule has 5 heteroatoms. The topological polar surface area (TPSA) is 41.6 Å². The van der Waals surface area contributed by atoms with Crippen molar-refractivity contribution in [3.63, 3.8) is 0 Å². The van der Waals surface area contributed by atoms with Crippen molar-refractivity contribution in [2.24, 2.45) is 0 Å². The predicted octanol–water partition coefficient (Wildman–Crippen LogP) is 4.55. The van der Waals surface area contributed by atoms with Crippen LogP contribution in [0.1, 0.15) is 17.5 Å². The summed E-state index contributed by atoms with van der Waals surface area (Å²) in [5.74, 6) is 1.00. The van der Waals surface area contributed by atoms with E-state index < -0.39 is 0 Å². The van der Waals surface area contributed by atoms with Gasteiger partial charge in [0.15, 0.2) is 0 Å². The molecule has 25 heavy (non-hydrogen) atoms. The molecular formula is C20H24N2O2S. The van der Waals surface area contributed by atoms with E-state index in [1.165, 1.54) is 16.8 Å². The maximum Gasteiger partial charge on any atom is 0.411 e. The standard InChI is InChI=1S/C20H24N2O2S/c1-25-13-5-12-24-20(23)21-18-8-9-19-17(14-18)10-11-22(19)15-16-6-3-2-4-7-16/h2-4,6-9,14H,5,10-13,15H2,1H3,(H,21,23). The van der Waals surface area contributed by atoms with Crippen molar-refractivity contribution in [1.29, 1.82) is 0 Å². The molecule has 0 fully saturated rings. The largest absolute Gasteiger partial charge is 0.449 e. The minimum absolute atomic E-state index is 0.375. The Balaban J connectivity index is 1.57. The van der Waals surface area contributed by atoms with Gasteiger partial charge in [-0.1, -0.05) is 30.3 Å². The molecule has 1 aliphatic rings. The van der Waals surface area contributed by atoms with E-state index in [0.717, 1.165) is 37.4 Å². The van der Waals surface area contributed by atoms with E-state index in [-0.39, 0.29) is 6.09 Å². The zero-order chi connectivity index (χ0) is 17.5. The fourth-order valence-corrected chi connectivity index (χ4v) is 3.44. The third-order valence-electron chi connectivity index (χ3n) is 4.26. The second-order valence-electron chi connectivity index (χ2n) is 6.11. The monoisotopic (exact) mass is 356 g/mol. The molecule has 1 N–H and O–H groups in total. The van der Waals surface area contributed by atoms with Gasteiger partial charge in [0.2, 0.25) is 0 Å². The van der Waals surface area contributed by atoms with Crippen LogP contribution in [0.3, 0.4) is 0 Å². The van der Waals surface area contributed by atoms with Crippen LogP contribution in [0.4, 0.5) is 16.2 Å². The maximum absolute atomic E-state index is 11.8. The van der Waals surface area contributed by atoms with E-state index in [1.54, 1.807) is 11.8 Å². The second-order valence-corrected chi connectivity index (χ2v) is 7.09. The number of carbonyl (C=O) groups excluding carboxylic acids is 1. The fraction of sp³-hybridized carbons (Fsp3) is 0.350. The van der Waals surface area contributed by atoms with E-state index in [0.29, 0.717) is 6.61 Å². The van der Waals surface area contributed by atoms with Crippen LogP contribution < -0.4 is 10.2 Å². The lowest BCUT2D eigenvalue weighted by Crippen LogP contribution is -2.19. The first-order valence-electron chi connectivity index (χ1n) is 8.61. The molecule has 0 bridgehead atoms. The van der Waals surface area contributed by atoms with Crippen LogP contribution in [-0.2, 0) is 17.7 Å². The summed E-state index contributed by atoms with van der Waals surface area (Å²) in [6.07, 6.45) is 3.56. The SMILES string of the molecule is CSCCCOC(=O)Nc1ccc2c(c1)CCN2Cc1ccccc1. The molecule has 0 aromatic heterocycles. The third kappa shape index (κ3) is 4.92. The molecule has 2 aromatic carbocycles. The number of ether oxygens (including phenoxy) is 1. The second kappa shape index (κ2) is 8.81. The Morgan fingerprint density at radius 2 is 2.08 bits per heavy atom. The van der Waals surface area contributed by atoms with Gasteiger partial charge in [0.25, 0.3) is 0 Å². The van der Waals surface area contributed by atoms with Crippen LogP contribution in [0.25, 0.3) is 0 Å². The first kappa shape index (κ1) is 17.7. The lowest BCUT2D eigenvalue weighted by molar-refractivity contribution is 0.162. The molecule has 2 aromatic rings. The highest BCUT2D eigenvalue weighted by atomic mass is 32.2. The number of anilines is 2. The number of nitrogens with zero attached hydrogens (tertiary/aromatic N) is 1. The molecule has 0 saturated carbocycles. The van der Waals surface area contributed by atoms with Gasteiger partial charge >= 0.3 is 6.09 Å². The minimum atomic E-state index is -0.375. The highest BCUT2D eigenvalue weighted by Gasteiger charge is 2.19. The fourth-order valence-electron chi connectivity index (χ4n) is 3.04. The summed E-state index contributed by atoms with van der Waals surface area (Å²) >= 11 is 1.76. The van der Waals surface area contributed by atoms with Gasteiger partial charge in [-0.2, -0.15) is 11.8 Å². The van der Waals surface area contributed by atoms with Crippen LogP contribution >= 0.6 is 11.8 Å². The highest BCUT2D eigenvalue weighted by molar-refractivity contribution is 7.98.